The molecule has 0 aliphatic heterocycles. The number of para-hydroxylation sites is 1. The third-order valence-electron chi connectivity index (χ3n) is 4.53. The number of carbonyl (C=O) groups is 3. The summed E-state index contributed by atoms with van der Waals surface area (Å²) < 4.78 is 0. The second kappa shape index (κ2) is 9.02. The molecule has 2 aromatic heterocycles. The first kappa shape index (κ1) is 20.1. The molecule has 10 heteroatoms. The number of nitrogens with zero attached hydrogens (tertiary/aromatic N) is 1. The number of hydrogen-bond acceptors (Lipinski definition) is 5. The van der Waals surface area contributed by atoms with E-state index in [9.17, 15) is 19.5 Å². The van der Waals surface area contributed by atoms with Crippen LogP contribution in [0.4, 0.5) is 0 Å². The van der Waals surface area contributed by atoms with Gasteiger partial charge in [-0.15, -0.1) is 0 Å². The molecule has 0 radical (unpaired) electrons. The minimum atomic E-state index is -1.17. The Hall–Kier alpha value is -3.66. The van der Waals surface area contributed by atoms with Crippen molar-refractivity contribution in [2.45, 2.75) is 24.9 Å². The van der Waals surface area contributed by atoms with Crippen LogP contribution in [0.15, 0.2) is 43.0 Å². The maximum absolute atomic E-state index is 12.8. The number of hydrogen-bond donors (Lipinski definition) is 6. The van der Waals surface area contributed by atoms with Gasteiger partial charge in [0.1, 0.15) is 12.1 Å². The average Bonchev–Trinajstić information content (AvgIpc) is 3.36. The smallest absolute Gasteiger partial charge is 0.326 e. The van der Waals surface area contributed by atoms with Gasteiger partial charge in [0, 0.05) is 41.8 Å². The maximum atomic E-state index is 12.8. The Labute approximate surface area is 165 Å². The molecule has 7 N–H and O–H groups in total. The normalized spacial score (nSPS) is 13.0. The molecule has 0 aliphatic carbocycles. The van der Waals surface area contributed by atoms with Gasteiger partial charge in [0.2, 0.25) is 11.8 Å². The standard InChI is InChI=1S/C19H22N6O4/c20-7-17(26)24-15(6-12-9-21-10-23-12)18(27)25-16(19(28)29)5-11-8-22-14-4-2-1-3-13(11)14/h1-4,8-10,15-16,22H,5-7,20H2,(H,21,23)(H,24,26)(H,25,27)(H,28,29)/t15-,16-/m0/s1. The number of carboxylic acids is 1. The van der Waals surface area contributed by atoms with Crippen molar-refractivity contribution in [2.75, 3.05) is 6.54 Å². The summed E-state index contributed by atoms with van der Waals surface area (Å²) in [6, 6.07) is 5.34. The Kier molecular flexibility index (Phi) is 6.25. The molecule has 0 aliphatic rings. The van der Waals surface area contributed by atoms with Gasteiger partial charge in [-0.3, -0.25) is 9.59 Å². The molecule has 3 rings (SSSR count). The number of carbonyl (C=O) groups excluding carboxylic acids is 2. The van der Waals surface area contributed by atoms with Crippen molar-refractivity contribution in [1.29, 1.82) is 0 Å². The molecule has 3 aromatic rings. The number of nitrogens with one attached hydrogen (secondary N) is 4. The summed E-state index contributed by atoms with van der Waals surface area (Å²) in [6.07, 6.45) is 4.91. The van der Waals surface area contributed by atoms with Crippen LogP contribution in [0.2, 0.25) is 0 Å². The Balaban J connectivity index is 1.75. The van der Waals surface area contributed by atoms with Crippen LogP contribution in [-0.2, 0) is 27.2 Å². The number of imidazole rings is 1. The van der Waals surface area contributed by atoms with Crippen LogP contribution in [0.5, 0.6) is 0 Å². The second-order valence-corrected chi connectivity index (χ2v) is 6.57. The van der Waals surface area contributed by atoms with E-state index in [2.05, 4.69) is 25.6 Å². The number of fused-ring (bicyclic) bond motifs is 1. The van der Waals surface area contributed by atoms with Gasteiger partial charge < -0.3 is 31.4 Å². The van der Waals surface area contributed by atoms with Gasteiger partial charge in [0.05, 0.1) is 12.9 Å². The summed E-state index contributed by atoms with van der Waals surface area (Å²) in [5.41, 5.74) is 7.59. The van der Waals surface area contributed by atoms with E-state index in [4.69, 9.17) is 5.73 Å². The molecule has 29 heavy (non-hydrogen) atoms. The maximum Gasteiger partial charge on any atom is 0.326 e. The van der Waals surface area contributed by atoms with Crippen LogP contribution in [0.1, 0.15) is 11.3 Å². The molecule has 2 heterocycles. The predicted octanol–water partition coefficient (Wildman–Crippen LogP) is -0.311. The summed E-state index contributed by atoms with van der Waals surface area (Å²) in [4.78, 5) is 46.1. The zero-order valence-electron chi connectivity index (χ0n) is 15.5. The second-order valence-electron chi connectivity index (χ2n) is 6.57. The first-order valence-electron chi connectivity index (χ1n) is 9.02. The van der Waals surface area contributed by atoms with E-state index in [0.29, 0.717) is 5.69 Å². The molecule has 0 spiro atoms. The zero-order valence-corrected chi connectivity index (χ0v) is 15.5. The van der Waals surface area contributed by atoms with Gasteiger partial charge in [-0.1, -0.05) is 18.2 Å². The number of H-pyrrole nitrogens is 2. The third-order valence-corrected chi connectivity index (χ3v) is 4.53. The number of benzene rings is 1. The molecular formula is C19H22N6O4. The topological polar surface area (TPSA) is 166 Å². The van der Waals surface area contributed by atoms with Crippen molar-refractivity contribution in [2.24, 2.45) is 5.73 Å². The Morgan fingerprint density at radius 2 is 1.90 bits per heavy atom. The molecule has 10 nitrogen and oxygen atoms in total. The van der Waals surface area contributed by atoms with Crippen molar-refractivity contribution in [3.05, 3.63) is 54.2 Å². The van der Waals surface area contributed by atoms with E-state index in [1.54, 1.807) is 6.20 Å². The van der Waals surface area contributed by atoms with Gasteiger partial charge in [-0.2, -0.15) is 0 Å². The molecule has 0 saturated heterocycles. The van der Waals surface area contributed by atoms with E-state index >= 15 is 0 Å². The molecule has 2 amide bonds. The van der Waals surface area contributed by atoms with Crippen LogP contribution < -0.4 is 16.4 Å². The van der Waals surface area contributed by atoms with Gasteiger partial charge in [0.25, 0.3) is 0 Å². The monoisotopic (exact) mass is 398 g/mol. The molecular weight excluding hydrogens is 376 g/mol. The minimum absolute atomic E-state index is 0.0900. The third kappa shape index (κ3) is 4.99. The molecule has 0 saturated carbocycles. The quantitative estimate of drug-likeness (QED) is 0.289. The van der Waals surface area contributed by atoms with Crippen molar-refractivity contribution in [3.63, 3.8) is 0 Å². The lowest BCUT2D eigenvalue weighted by atomic mass is 10.0. The number of rotatable bonds is 9. The summed E-state index contributed by atoms with van der Waals surface area (Å²) in [6.45, 7) is -0.287. The van der Waals surface area contributed by atoms with E-state index in [-0.39, 0.29) is 19.4 Å². The van der Waals surface area contributed by atoms with Crippen LogP contribution >= 0.6 is 0 Å². The lowest BCUT2D eigenvalue weighted by Crippen LogP contribution is -2.54. The van der Waals surface area contributed by atoms with Crippen LogP contribution in [-0.4, -0.2) is 56.5 Å². The molecule has 0 fully saturated rings. The highest BCUT2D eigenvalue weighted by Gasteiger charge is 2.27. The van der Waals surface area contributed by atoms with E-state index in [0.717, 1.165) is 16.5 Å². The lowest BCUT2D eigenvalue weighted by molar-refractivity contribution is -0.142. The van der Waals surface area contributed by atoms with Gasteiger partial charge in [-0.25, -0.2) is 9.78 Å². The molecule has 152 valence electrons. The minimum Gasteiger partial charge on any atom is -0.480 e. The van der Waals surface area contributed by atoms with Crippen LogP contribution in [0.25, 0.3) is 10.9 Å². The van der Waals surface area contributed by atoms with E-state index in [1.807, 2.05) is 24.3 Å². The number of nitrogens with two attached hydrogens (primary N) is 1. The fourth-order valence-corrected chi connectivity index (χ4v) is 3.07. The molecule has 2 atom stereocenters. The molecule has 1 aromatic carbocycles. The average molecular weight is 398 g/mol. The summed E-state index contributed by atoms with van der Waals surface area (Å²) in [5.74, 6) is -2.31. The first-order valence-corrected chi connectivity index (χ1v) is 9.02. The highest BCUT2D eigenvalue weighted by Crippen LogP contribution is 2.19. The number of aromatic amines is 2. The Morgan fingerprint density at radius 1 is 1.10 bits per heavy atom. The molecule has 0 unspecified atom stereocenters. The van der Waals surface area contributed by atoms with Gasteiger partial charge in [-0.05, 0) is 11.6 Å². The largest absolute Gasteiger partial charge is 0.480 e. The predicted molar refractivity (Wildman–Crippen MR) is 105 cm³/mol. The first-order chi connectivity index (χ1) is 14.0. The molecule has 0 bridgehead atoms. The van der Waals surface area contributed by atoms with Crippen LogP contribution in [0, 0.1) is 0 Å². The van der Waals surface area contributed by atoms with E-state index in [1.165, 1.54) is 12.5 Å². The Bertz CT molecular complexity index is 997. The summed E-state index contributed by atoms with van der Waals surface area (Å²) in [7, 11) is 0. The van der Waals surface area contributed by atoms with Crippen LogP contribution in [0.3, 0.4) is 0 Å². The highest BCUT2D eigenvalue weighted by molar-refractivity contribution is 5.91. The van der Waals surface area contributed by atoms with Crippen molar-refractivity contribution in [3.8, 4) is 0 Å². The number of aliphatic carboxylic acids is 1. The fraction of sp³-hybridized carbons (Fsp3) is 0.263. The van der Waals surface area contributed by atoms with Crippen molar-refractivity contribution >= 4 is 28.7 Å². The summed E-state index contributed by atoms with van der Waals surface area (Å²) >= 11 is 0. The lowest BCUT2D eigenvalue weighted by Gasteiger charge is -2.21. The summed E-state index contributed by atoms with van der Waals surface area (Å²) in [5, 5.41) is 15.5. The van der Waals surface area contributed by atoms with Gasteiger partial charge >= 0.3 is 5.97 Å². The number of amides is 2. The number of carboxylic acid groups (broad SMARTS) is 1. The highest BCUT2D eigenvalue weighted by atomic mass is 16.4. The van der Waals surface area contributed by atoms with Gasteiger partial charge in [0.15, 0.2) is 0 Å². The van der Waals surface area contributed by atoms with Crippen molar-refractivity contribution < 1.29 is 19.5 Å². The fourth-order valence-electron chi connectivity index (χ4n) is 3.07. The number of aromatic nitrogens is 3. The Morgan fingerprint density at radius 3 is 2.59 bits per heavy atom. The zero-order chi connectivity index (χ0) is 20.8. The SMILES string of the molecule is NCC(=O)N[C@@H](Cc1cnc[nH]1)C(=O)N[C@@H](Cc1c[nH]c2ccccc12)C(=O)O. The van der Waals surface area contributed by atoms with E-state index < -0.39 is 29.9 Å². The van der Waals surface area contributed by atoms with Crippen molar-refractivity contribution in [1.82, 2.24) is 25.6 Å².